The van der Waals surface area contributed by atoms with E-state index in [1.807, 2.05) is 160 Å². The topological polar surface area (TPSA) is 238 Å². The van der Waals surface area contributed by atoms with Gasteiger partial charge in [0.05, 0.1) is 31.0 Å². The summed E-state index contributed by atoms with van der Waals surface area (Å²) in [4.78, 5) is 103. The van der Waals surface area contributed by atoms with Crippen molar-refractivity contribution in [2.45, 2.75) is 146 Å². The predicted molar refractivity (Wildman–Crippen MR) is 446 cm³/mol. The van der Waals surface area contributed by atoms with Crippen LogP contribution in [0, 0.1) is 11.5 Å². The highest BCUT2D eigenvalue weighted by Crippen LogP contribution is 2.49. The third kappa shape index (κ3) is 25.2. The minimum absolute atomic E-state index is 0.0661. The number of ether oxygens (including phenoxy) is 5. The molecule has 0 aliphatic heterocycles. The van der Waals surface area contributed by atoms with Gasteiger partial charge in [0.25, 0.3) is 0 Å². The number of carbonyl (C=O) groups is 7. The number of thioether (sulfide) groups is 1. The Morgan fingerprint density at radius 2 is 0.786 bits per heavy atom. The first-order valence-corrected chi connectivity index (χ1v) is 40.8. The van der Waals surface area contributed by atoms with Crippen LogP contribution in [-0.2, 0) is 71.8 Å². The van der Waals surface area contributed by atoms with Crippen molar-refractivity contribution >= 4 is 77.3 Å². The smallest absolute Gasteiger partial charge is 0.308 e. The maximum absolute atomic E-state index is 15.8. The van der Waals surface area contributed by atoms with Gasteiger partial charge in [-0.2, -0.15) is 0 Å². The minimum Gasteiger partial charge on any atom is -0.491 e. The quantitative estimate of drug-likeness (QED) is 0.00705. The first-order chi connectivity index (χ1) is 53.7. The number of nitrogens with one attached hydrogen (secondary N) is 6. The fourth-order valence-corrected chi connectivity index (χ4v) is 19.2. The Balaban J connectivity index is 0.962. The zero-order chi connectivity index (χ0) is 80.2. The summed E-state index contributed by atoms with van der Waals surface area (Å²) in [5.74, 6) is -0.801. The first-order valence-electron chi connectivity index (χ1n) is 37.8. The summed E-state index contributed by atoms with van der Waals surface area (Å²) in [7, 11) is -2.57. The minimum atomic E-state index is -2.57. The largest absolute Gasteiger partial charge is 0.491 e. The molecule has 0 bridgehead atoms. The fourth-order valence-electron chi connectivity index (χ4n) is 13.2. The van der Waals surface area contributed by atoms with Gasteiger partial charge in [0.2, 0.25) is 43.5 Å². The van der Waals surface area contributed by atoms with Crippen molar-refractivity contribution in [3.05, 3.63) is 294 Å². The van der Waals surface area contributed by atoms with E-state index >= 15 is 14.4 Å². The van der Waals surface area contributed by atoms with Gasteiger partial charge in [-0.1, -0.05) is 251 Å². The summed E-state index contributed by atoms with van der Waals surface area (Å²) in [6.45, 7) is 20.3. The van der Waals surface area contributed by atoms with Gasteiger partial charge in [0.1, 0.15) is 66.1 Å². The number of benzene rings is 9. The van der Waals surface area contributed by atoms with Gasteiger partial charge in [0.15, 0.2) is 0 Å². The highest BCUT2D eigenvalue weighted by Gasteiger charge is 2.47. The molecule has 9 rings (SSSR count). The van der Waals surface area contributed by atoms with Crippen molar-refractivity contribution < 1.29 is 57.2 Å². The molecule has 0 saturated carbocycles. The van der Waals surface area contributed by atoms with Crippen LogP contribution in [0.3, 0.4) is 0 Å². The first kappa shape index (κ1) is 84.9. The monoisotopic (exact) mass is 1540 g/mol. The van der Waals surface area contributed by atoms with Crippen LogP contribution >= 0.6 is 11.8 Å². The number of amides is 6. The van der Waals surface area contributed by atoms with E-state index in [9.17, 15) is 19.2 Å². The Kier molecular flexibility index (Phi) is 30.9. The number of carbonyl (C=O) groups excluding carboxylic acids is 7. The van der Waals surface area contributed by atoms with Crippen molar-refractivity contribution in [3.8, 4) is 23.0 Å². The number of hydrogen-bond donors (Lipinski definition) is 6. The summed E-state index contributed by atoms with van der Waals surface area (Å²) < 4.78 is 28.7. The van der Waals surface area contributed by atoms with Crippen LogP contribution in [0.1, 0.15) is 109 Å². The van der Waals surface area contributed by atoms with E-state index in [0.717, 1.165) is 22.3 Å². The fraction of sp³-hybridized carbons (Fsp3) is 0.315. The van der Waals surface area contributed by atoms with E-state index in [1.54, 1.807) is 93.6 Å². The summed E-state index contributed by atoms with van der Waals surface area (Å²) >= 11 is 1.36. The highest BCUT2D eigenvalue weighted by atomic mass is 32.2. The summed E-state index contributed by atoms with van der Waals surface area (Å²) in [6.07, 6.45) is -0.678. The molecule has 0 fully saturated rings. The Bertz CT molecular complexity index is 4420. The van der Waals surface area contributed by atoms with Gasteiger partial charge >= 0.3 is 5.97 Å². The number of rotatable bonds is 36. The Labute approximate surface area is 664 Å². The zero-order valence-electron chi connectivity index (χ0n) is 65.6. The lowest BCUT2D eigenvalue weighted by molar-refractivity contribution is -0.156. The third-order valence-corrected chi connectivity index (χ3v) is 25.2. The molecule has 6 N–H and O–H groups in total. The Morgan fingerprint density at radius 3 is 1.22 bits per heavy atom. The molecule has 0 aliphatic carbocycles. The molecule has 0 spiro atoms. The van der Waals surface area contributed by atoms with Gasteiger partial charge < -0.3 is 55.6 Å². The van der Waals surface area contributed by atoms with Gasteiger partial charge in [-0.05, 0) is 127 Å². The van der Waals surface area contributed by atoms with E-state index in [4.69, 9.17) is 23.7 Å². The normalized spacial score (nSPS) is 13.0. The van der Waals surface area contributed by atoms with Gasteiger partial charge in [-0.3, -0.25) is 33.6 Å². The molecule has 584 valence electrons. The maximum atomic E-state index is 15.8. The molecule has 20 heteroatoms. The molecular formula is C92H104N6O12SSi. The highest BCUT2D eigenvalue weighted by molar-refractivity contribution is 8.00. The summed E-state index contributed by atoms with van der Waals surface area (Å²) in [5.41, 5.74) is 7.15. The number of hydrogen-bond acceptors (Lipinski definition) is 13. The van der Waals surface area contributed by atoms with Crippen molar-refractivity contribution in [1.29, 1.82) is 0 Å². The molecule has 9 aromatic rings. The lowest BCUT2D eigenvalue weighted by atomic mass is 9.84. The lowest BCUT2D eigenvalue weighted by Gasteiger charge is -2.39. The van der Waals surface area contributed by atoms with Crippen LogP contribution in [0.5, 0.6) is 11.5 Å². The SMILES string of the molecule is CC(=O)N[C@@H](Cc1ccccc1)C(=O)N[C@@H](Cc1ccc(OC(C)(C)C)cc1)C(=O)N[C@@H](Cc1ccccc1)C(=O)N[C@@H](CSC(c1ccccc1)(c1ccccc1)c1ccccc1)C(=O)N[C@@H](CC(=O)OC(C)(C)C)C(=O)Nc1ccc(OCCOCCOCC#C[Si](c2ccccc2)(c2ccccc2)C(C)(C)C)cc1. The molecule has 18 nitrogen and oxygen atoms in total. The van der Waals surface area contributed by atoms with E-state index in [-0.39, 0.29) is 49.9 Å². The van der Waals surface area contributed by atoms with Crippen molar-refractivity contribution in [1.82, 2.24) is 26.6 Å². The number of anilines is 1. The Hall–Kier alpha value is -11.1. The second-order valence-electron chi connectivity index (χ2n) is 30.4. The standard InChI is InChI=1S/C92H104N6O12SSi/c1-66(99)93-78(61-67-33-18-11-19-34-67)85(102)95-80(63-69-47-51-75(52-48-69)109-89(2,3)4)86(103)96-79(62-68-35-20-12-21-36-68)87(104)98-82(65-111-92(70-37-22-13-23-38-70,71-39-24-14-25-40-71)72-41-26-15-27-42-72)88(105)97-81(64-83(100)110-90(5,6)7)84(101)94-73-49-53-74(54-50-73)108-59-58-107-57-56-106-55-32-60-112(91(8,9)10,76-43-28-16-29-44-76)77-45-30-17-31-46-77/h11-31,33-54,78-82H,55-59,61-65H2,1-10H3,(H,93,99)(H,94,101)(H,95,102)(H,96,103)(H,97,105)(H,98,104)/t78-,79-,80-,81-,82-/m0/s1. The molecule has 6 amide bonds. The molecule has 9 aromatic carbocycles. The molecular weight excluding hydrogens is 1440 g/mol. The molecule has 0 unspecified atom stereocenters. The van der Waals surface area contributed by atoms with E-state index in [1.165, 1.54) is 29.1 Å². The molecule has 112 heavy (non-hydrogen) atoms. The predicted octanol–water partition coefficient (Wildman–Crippen LogP) is 12.4. The van der Waals surface area contributed by atoms with Crippen LogP contribution < -0.4 is 51.7 Å². The van der Waals surface area contributed by atoms with Crippen LogP contribution in [0.2, 0.25) is 5.04 Å². The van der Waals surface area contributed by atoms with Crippen LogP contribution in [0.15, 0.2) is 261 Å². The van der Waals surface area contributed by atoms with Crippen LogP contribution in [-0.4, -0.2) is 130 Å². The van der Waals surface area contributed by atoms with Gasteiger partial charge in [-0.25, -0.2) is 0 Å². The van der Waals surface area contributed by atoms with Gasteiger partial charge in [0, 0.05) is 37.6 Å². The van der Waals surface area contributed by atoms with Crippen molar-refractivity contribution in [2.75, 3.05) is 44.1 Å². The average Bonchev–Trinajstić information content (AvgIpc) is 0.753. The summed E-state index contributed by atoms with van der Waals surface area (Å²) in [6, 6.07) is 75.3. The van der Waals surface area contributed by atoms with Crippen LogP contribution in [0.4, 0.5) is 5.69 Å². The molecule has 0 radical (unpaired) electrons. The maximum Gasteiger partial charge on any atom is 0.308 e. The second kappa shape index (κ2) is 40.7. The Morgan fingerprint density at radius 1 is 0.402 bits per heavy atom. The van der Waals surface area contributed by atoms with E-state index < -0.39 is 102 Å². The molecule has 5 atom stereocenters. The molecule has 0 aliphatic rings. The third-order valence-electron chi connectivity index (χ3n) is 18.4. The van der Waals surface area contributed by atoms with E-state index in [2.05, 4.69) is 113 Å². The summed E-state index contributed by atoms with van der Waals surface area (Å²) in [5, 5.41) is 19.8. The van der Waals surface area contributed by atoms with Gasteiger partial charge in [-0.15, -0.1) is 17.3 Å². The lowest BCUT2D eigenvalue weighted by Crippen LogP contribution is -2.63. The molecule has 0 heterocycles. The molecule has 0 aromatic heterocycles. The van der Waals surface area contributed by atoms with E-state index in [0.29, 0.717) is 41.5 Å². The number of esters is 1. The van der Waals surface area contributed by atoms with Crippen molar-refractivity contribution in [2.24, 2.45) is 0 Å². The van der Waals surface area contributed by atoms with Crippen LogP contribution in [0.25, 0.3) is 0 Å². The molecule has 0 saturated heterocycles. The average molecular weight is 1550 g/mol. The van der Waals surface area contributed by atoms with Crippen molar-refractivity contribution in [3.63, 3.8) is 0 Å². The second-order valence-corrected chi connectivity index (χ2v) is 36.0. The zero-order valence-corrected chi connectivity index (χ0v) is 67.4.